The van der Waals surface area contributed by atoms with Crippen LogP contribution in [0.2, 0.25) is 5.02 Å². The number of nitrogens with zero attached hydrogens (tertiary/aromatic N) is 3. The molecule has 1 unspecified atom stereocenters. The lowest BCUT2D eigenvalue weighted by Gasteiger charge is -2.12. The van der Waals surface area contributed by atoms with Gasteiger partial charge in [-0.1, -0.05) is 25.4 Å². The lowest BCUT2D eigenvalue weighted by molar-refractivity contribution is 0.195. The molecule has 2 rings (SSSR count). The van der Waals surface area contributed by atoms with E-state index in [1.54, 1.807) is 18.1 Å². The van der Waals surface area contributed by atoms with Gasteiger partial charge in [0.2, 0.25) is 0 Å². The predicted octanol–water partition coefficient (Wildman–Crippen LogP) is 3.28. The third-order valence-electron chi connectivity index (χ3n) is 2.91. The molecule has 6 heteroatoms. The molecule has 1 N–H and O–H groups in total. The summed E-state index contributed by atoms with van der Waals surface area (Å²) < 4.78 is 1.88. The lowest BCUT2D eigenvalue weighted by Crippen LogP contribution is -2.19. The standard InChI is InChI=1S/C15H20ClN3OS/c1-11(2)8-19-15(17-10-18-19)7-13(20)9-21-14-5-3-12(16)4-6-14/h3-6,10-11,13,20H,7-9H2,1-2H3. The van der Waals surface area contributed by atoms with E-state index in [-0.39, 0.29) is 0 Å². The van der Waals surface area contributed by atoms with Crippen LogP contribution in [0.25, 0.3) is 0 Å². The number of thioether (sulfide) groups is 1. The summed E-state index contributed by atoms with van der Waals surface area (Å²) in [5.41, 5.74) is 0. The highest BCUT2D eigenvalue weighted by Crippen LogP contribution is 2.21. The van der Waals surface area contributed by atoms with Crippen molar-refractivity contribution in [1.29, 1.82) is 0 Å². The number of aliphatic hydroxyl groups excluding tert-OH is 1. The molecule has 0 aliphatic heterocycles. The molecular weight excluding hydrogens is 306 g/mol. The normalized spacial score (nSPS) is 12.8. The van der Waals surface area contributed by atoms with Crippen molar-refractivity contribution in [3.63, 3.8) is 0 Å². The fraction of sp³-hybridized carbons (Fsp3) is 0.467. The van der Waals surface area contributed by atoms with Gasteiger partial charge in [-0.2, -0.15) is 5.10 Å². The summed E-state index contributed by atoms with van der Waals surface area (Å²) in [5.74, 6) is 1.97. The van der Waals surface area contributed by atoms with Crippen LogP contribution < -0.4 is 0 Å². The van der Waals surface area contributed by atoms with Crippen LogP contribution in [-0.4, -0.2) is 31.7 Å². The van der Waals surface area contributed by atoms with Crippen molar-refractivity contribution in [2.75, 3.05) is 5.75 Å². The van der Waals surface area contributed by atoms with E-state index in [2.05, 4.69) is 23.9 Å². The van der Waals surface area contributed by atoms with Crippen LogP contribution in [0.15, 0.2) is 35.5 Å². The summed E-state index contributed by atoms with van der Waals surface area (Å²) in [4.78, 5) is 5.34. The van der Waals surface area contributed by atoms with E-state index >= 15 is 0 Å². The van der Waals surface area contributed by atoms with E-state index in [4.69, 9.17) is 11.6 Å². The lowest BCUT2D eigenvalue weighted by atomic mass is 10.2. The zero-order valence-corrected chi connectivity index (χ0v) is 13.8. The van der Waals surface area contributed by atoms with Gasteiger partial charge in [0.1, 0.15) is 12.2 Å². The van der Waals surface area contributed by atoms with Crippen LogP contribution in [0.1, 0.15) is 19.7 Å². The molecule has 1 heterocycles. The molecule has 1 aromatic heterocycles. The monoisotopic (exact) mass is 325 g/mol. The smallest absolute Gasteiger partial charge is 0.138 e. The quantitative estimate of drug-likeness (QED) is 0.794. The molecule has 1 aromatic carbocycles. The largest absolute Gasteiger partial charge is 0.392 e. The fourth-order valence-electron chi connectivity index (χ4n) is 1.94. The zero-order chi connectivity index (χ0) is 15.2. The second-order valence-corrected chi connectivity index (χ2v) is 6.90. The Kier molecular flexibility index (Phi) is 6.08. The van der Waals surface area contributed by atoms with Gasteiger partial charge in [-0.05, 0) is 30.2 Å². The first-order valence-corrected chi connectivity index (χ1v) is 8.34. The first kappa shape index (κ1) is 16.3. The number of halogens is 1. The molecule has 0 radical (unpaired) electrons. The van der Waals surface area contributed by atoms with Crippen molar-refractivity contribution in [1.82, 2.24) is 14.8 Å². The van der Waals surface area contributed by atoms with Gasteiger partial charge in [-0.15, -0.1) is 11.8 Å². The summed E-state index contributed by atoms with van der Waals surface area (Å²) in [6.07, 6.45) is 1.63. The maximum Gasteiger partial charge on any atom is 0.138 e. The molecule has 0 bridgehead atoms. The Balaban J connectivity index is 1.85. The maximum atomic E-state index is 10.2. The molecule has 0 saturated carbocycles. The van der Waals surface area contributed by atoms with Gasteiger partial charge >= 0.3 is 0 Å². The third kappa shape index (κ3) is 5.34. The van der Waals surface area contributed by atoms with E-state index in [9.17, 15) is 5.11 Å². The van der Waals surface area contributed by atoms with Crippen LogP contribution in [-0.2, 0) is 13.0 Å². The molecule has 21 heavy (non-hydrogen) atoms. The number of aliphatic hydroxyl groups is 1. The predicted molar refractivity (Wildman–Crippen MR) is 86.7 cm³/mol. The Morgan fingerprint density at radius 1 is 1.29 bits per heavy atom. The molecule has 0 amide bonds. The van der Waals surface area contributed by atoms with E-state index in [1.165, 1.54) is 0 Å². The summed E-state index contributed by atoms with van der Waals surface area (Å²) >= 11 is 7.46. The topological polar surface area (TPSA) is 50.9 Å². The molecule has 0 aliphatic rings. The van der Waals surface area contributed by atoms with Crippen molar-refractivity contribution in [3.05, 3.63) is 41.4 Å². The number of benzene rings is 1. The van der Waals surface area contributed by atoms with Gasteiger partial charge in [-0.3, -0.25) is 0 Å². The molecule has 114 valence electrons. The Labute approximate surface area is 134 Å². The second-order valence-electron chi connectivity index (χ2n) is 5.38. The molecule has 1 atom stereocenters. The average Bonchev–Trinajstić information content (AvgIpc) is 2.84. The third-order valence-corrected chi connectivity index (χ3v) is 4.32. The average molecular weight is 326 g/mol. The van der Waals surface area contributed by atoms with E-state index < -0.39 is 6.10 Å². The molecule has 0 saturated heterocycles. The summed E-state index contributed by atoms with van der Waals surface area (Å²) in [6, 6.07) is 7.63. The fourth-order valence-corrected chi connectivity index (χ4v) is 2.89. The Morgan fingerprint density at radius 2 is 2.00 bits per heavy atom. The Morgan fingerprint density at radius 3 is 2.67 bits per heavy atom. The summed E-state index contributed by atoms with van der Waals surface area (Å²) in [7, 11) is 0. The van der Waals surface area contributed by atoms with Crippen molar-refractivity contribution in [2.24, 2.45) is 5.92 Å². The molecule has 0 spiro atoms. The van der Waals surface area contributed by atoms with Crippen LogP contribution in [0.4, 0.5) is 0 Å². The number of hydrogen-bond acceptors (Lipinski definition) is 4. The van der Waals surface area contributed by atoms with E-state index in [1.807, 2.05) is 28.9 Å². The highest BCUT2D eigenvalue weighted by Gasteiger charge is 2.12. The second kappa shape index (κ2) is 7.82. The van der Waals surface area contributed by atoms with Crippen LogP contribution in [0, 0.1) is 5.92 Å². The first-order valence-electron chi connectivity index (χ1n) is 6.97. The summed E-state index contributed by atoms with van der Waals surface area (Å²) in [5, 5.41) is 15.1. The maximum absolute atomic E-state index is 10.2. The van der Waals surface area contributed by atoms with Crippen molar-refractivity contribution >= 4 is 23.4 Å². The van der Waals surface area contributed by atoms with Gasteiger partial charge in [0.15, 0.2) is 0 Å². The molecule has 0 fully saturated rings. The first-order chi connectivity index (χ1) is 10.0. The molecule has 0 aliphatic carbocycles. The molecule has 4 nitrogen and oxygen atoms in total. The van der Waals surface area contributed by atoms with Crippen molar-refractivity contribution in [3.8, 4) is 0 Å². The highest BCUT2D eigenvalue weighted by atomic mass is 35.5. The van der Waals surface area contributed by atoms with Crippen LogP contribution in [0.5, 0.6) is 0 Å². The van der Waals surface area contributed by atoms with Crippen LogP contribution >= 0.6 is 23.4 Å². The van der Waals surface area contributed by atoms with Crippen LogP contribution in [0.3, 0.4) is 0 Å². The number of aromatic nitrogens is 3. The minimum absolute atomic E-state index is 0.444. The molecule has 2 aromatic rings. The highest BCUT2D eigenvalue weighted by molar-refractivity contribution is 7.99. The SMILES string of the molecule is CC(C)Cn1ncnc1CC(O)CSc1ccc(Cl)cc1. The van der Waals surface area contributed by atoms with Crippen molar-refractivity contribution in [2.45, 2.75) is 37.8 Å². The van der Waals surface area contributed by atoms with E-state index in [0.717, 1.165) is 22.3 Å². The molecular formula is C15H20ClN3OS. The number of hydrogen-bond donors (Lipinski definition) is 1. The zero-order valence-electron chi connectivity index (χ0n) is 12.2. The minimum atomic E-state index is -0.444. The summed E-state index contributed by atoms with van der Waals surface area (Å²) in [6.45, 7) is 5.10. The van der Waals surface area contributed by atoms with Gasteiger partial charge in [0.25, 0.3) is 0 Å². The minimum Gasteiger partial charge on any atom is -0.392 e. The Bertz CT molecular complexity index is 556. The Hall–Kier alpha value is -1.04. The van der Waals surface area contributed by atoms with Gasteiger partial charge < -0.3 is 5.11 Å². The number of rotatable bonds is 7. The van der Waals surface area contributed by atoms with E-state index in [0.29, 0.717) is 18.1 Å². The van der Waals surface area contributed by atoms with Gasteiger partial charge in [0, 0.05) is 28.6 Å². The van der Waals surface area contributed by atoms with Gasteiger partial charge in [-0.25, -0.2) is 9.67 Å². The van der Waals surface area contributed by atoms with Crippen molar-refractivity contribution < 1.29 is 5.11 Å². The van der Waals surface area contributed by atoms with Gasteiger partial charge in [0.05, 0.1) is 6.10 Å².